The van der Waals surface area contributed by atoms with Crippen molar-refractivity contribution in [1.82, 2.24) is 0 Å². The molecule has 15 heavy (non-hydrogen) atoms. The van der Waals surface area contributed by atoms with E-state index in [0.717, 1.165) is 17.9 Å². The Morgan fingerprint density at radius 1 is 1.53 bits per heavy atom. The van der Waals surface area contributed by atoms with Crippen LogP contribution in [0.5, 0.6) is 0 Å². The van der Waals surface area contributed by atoms with Crippen molar-refractivity contribution in [3.8, 4) is 0 Å². The van der Waals surface area contributed by atoms with Gasteiger partial charge in [-0.05, 0) is 35.9 Å². The Bertz CT molecular complexity index is 319. The van der Waals surface area contributed by atoms with Crippen LogP contribution in [0.25, 0.3) is 0 Å². The Balaban J connectivity index is 2.64. The molecule has 1 aromatic carbocycles. The molecule has 4 heteroatoms. The van der Waals surface area contributed by atoms with E-state index >= 15 is 0 Å². The lowest BCUT2D eigenvalue weighted by atomic mass is 10.1. The van der Waals surface area contributed by atoms with E-state index in [1.54, 1.807) is 17.8 Å². The molecule has 1 aromatic rings. The Morgan fingerprint density at radius 2 is 2.27 bits per heavy atom. The van der Waals surface area contributed by atoms with Crippen molar-refractivity contribution in [2.24, 2.45) is 5.73 Å². The number of thioether (sulfide) groups is 1. The van der Waals surface area contributed by atoms with Gasteiger partial charge in [-0.2, -0.15) is 11.8 Å². The molecule has 0 saturated heterocycles. The molecule has 0 amide bonds. The van der Waals surface area contributed by atoms with Crippen LogP contribution in [0, 0.1) is 5.82 Å². The van der Waals surface area contributed by atoms with Crippen LogP contribution in [0.1, 0.15) is 24.9 Å². The Kier molecular flexibility index (Phi) is 5.43. The molecule has 0 aliphatic rings. The lowest BCUT2D eigenvalue weighted by Gasteiger charge is -2.13. The smallest absolute Gasteiger partial charge is 0.123 e. The molecule has 2 N–H and O–H groups in total. The summed E-state index contributed by atoms with van der Waals surface area (Å²) in [4.78, 5) is 0. The first-order valence-corrected chi connectivity index (χ1v) is 6.46. The van der Waals surface area contributed by atoms with Gasteiger partial charge < -0.3 is 5.73 Å². The number of hydrogen-bond donors (Lipinski definition) is 1. The molecule has 0 bridgehead atoms. The van der Waals surface area contributed by atoms with E-state index in [4.69, 9.17) is 17.3 Å². The summed E-state index contributed by atoms with van der Waals surface area (Å²) < 4.78 is 13.0. The molecule has 1 rings (SSSR count). The van der Waals surface area contributed by atoms with Crippen LogP contribution in [-0.2, 0) is 0 Å². The van der Waals surface area contributed by atoms with Crippen molar-refractivity contribution in [2.45, 2.75) is 19.4 Å². The van der Waals surface area contributed by atoms with E-state index in [1.807, 2.05) is 0 Å². The second-order valence-electron chi connectivity index (χ2n) is 3.35. The molecular weight excluding hydrogens is 233 g/mol. The van der Waals surface area contributed by atoms with Crippen molar-refractivity contribution >= 4 is 23.4 Å². The molecule has 0 heterocycles. The lowest BCUT2D eigenvalue weighted by molar-refractivity contribution is 0.623. The SMILES string of the molecule is CCCSCC(N)c1cc(F)ccc1Cl. The van der Waals surface area contributed by atoms with Crippen molar-refractivity contribution in [2.75, 3.05) is 11.5 Å². The van der Waals surface area contributed by atoms with Gasteiger partial charge in [0.15, 0.2) is 0 Å². The van der Waals surface area contributed by atoms with Gasteiger partial charge in [-0.1, -0.05) is 18.5 Å². The fourth-order valence-corrected chi connectivity index (χ4v) is 2.39. The number of rotatable bonds is 5. The first kappa shape index (κ1) is 12.8. The van der Waals surface area contributed by atoms with Crippen LogP contribution in [0.15, 0.2) is 18.2 Å². The highest BCUT2D eigenvalue weighted by Crippen LogP contribution is 2.25. The van der Waals surface area contributed by atoms with E-state index in [9.17, 15) is 4.39 Å². The Hall–Kier alpha value is -0.250. The quantitative estimate of drug-likeness (QED) is 0.805. The molecule has 0 fully saturated rings. The molecule has 0 aliphatic carbocycles. The second kappa shape index (κ2) is 6.36. The predicted molar refractivity (Wildman–Crippen MR) is 66.0 cm³/mol. The zero-order valence-electron chi connectivity index (χ0n) is 8.67. The van der Waals surface area contributed by atoms with Gasteiger partial charge in [0.05, 0.1) is 0 Å². The summed E-state index contributed by atoms with van der Waals surface area (Å²) in [7, 11) is 0. The van der Waals surface area contributed by atoms with E-state index < -0.39 is 0 Å². The summed E-state index contributed by atoms with van der Waals surface area (Å²) in [5.74, 6) is 1.56. The minimum atomic E-state index is -0.287. The molecule has 0 aromatic heterocycles. The number of benzene rings is 1. The minimum absolute atomic E-state index is 0.190. The lowest BCUT2D eigenvalue weighted by Crippen LogP contribution is -2.14. The first-order valence-electron chi connectivity index (χ1n) is 4.93. The zero-order chi connectivity index (χ0) is 11.3. The van der Waals surface area contributed by atoms with Gasteiger partial charge >= 0.3 is 0 Å². The standard InChI is InChI=1S/C11H15ClFNS/c1-2-5-15-7-11(14)9-6-8(13)3-4-10(9)12/h3-4,6,11H,2,5,7,14H2,1H3. The first-order chi connectivity index (χ1) is 7.15. The average molecular weight is 248 g/mol. The molecule has 0 aliphatic heterocycles. The molecule has 0 saturated carbocycles. The number of nitrogens with two attached hydrogens (primary N) is 1. The molecule has 1 unspecified atom stereocenters. The summed E-state index contributed by atoms with van der Waals surface area (Å²) in [6.07, 6.45) is 1.12. The van der Waals surface area contributed by atoms with Gasteiger partial charge in [-0.3, -0.25) is 0 Å². The fraction of sp³-hybridized carbons (Fsp3) is 0.455. The van der Waals surface area contributed by atoms with Crippen LogP contribution in [0.4, 0.5) is 4.39 Å². The monoisotopic (exact) mass is 247 g/mol. The van der Waals surface area contributed by atoms with E-state index in [2.05, 4.69) is 6.92 Å². The van der Waals surface area contributed by atoms with Gasteiger partial charge in [0.1, 0.15) is 5.82 Å². The molecule has 1 atom stereocenters. The highest BCUT2D eigenvalue weighted by atomic mass is 35.5. The largest absolute Gasteiger partial charge is 0.323 e. The van der Waals surface area contributed by atoms with Gasteiger partial charge in [-0.15, -0.1) is 0 Å². The maximum atomic E-state index is 13.0. The maximum absolute atomic E-state index is 13.0. The van der Waals surface area contributed by atoms with Crippen molar-refractivity contribution < 1.29 is 4.39 Å². The minimum Gasteiger partial charge on any atom is -0.323 e. The van der Waals surface area contributed by atoms with Crippen LogP contribution < -0.4 is 5.73 Å². The summed E-state index contributed by atoms with van der Waals surface area (Å²) in [5.41, 5.74) is 6.63. The predicted octanol–water partition coefficient (Wildman–Crippen LogP) is 3.62. The fourth-order valence-electron chi connectivity index (χ4n) is 1.24. The van der Waals surface area contributed by atoms with E-state index in [0.29, 0.717) is 10.6 Å². The highest BCUT2D eigenvalue weighted by molar-refractivity contribution is 7.99. The van der Waals surface area contributed by atoms with E-state index in [-0.39, 0.29) is 11.9 Å². The maximum Gasteiger partial charge on any atom is 0.123 e. The average Bonchev–Trinajstić information content (AvgIpc) is 2.22. The molecule has 0 spiro atoms. The van der Waals surface area contributed by atoms with Crippen molar-refractivity contribution in [3.05, 3.63) is 34.6 Å². The summed E-state index contributed by atoms with van der Waals surface area (Å²) in [6.45, 7) is 2.12. The molecular formula is C11H15ClFNS. The number of hydrogen-bond acceptors (Lipinski definition) is 2. The number of halogens is 2. The normalized spacial score (nSPS) is 12.8. The molecule has 84 valence electrons. The third kappa shape index (κ3) is 4.01. The van der Waals surface area contributed by atoms with Crippen LogP contribution >= 0.6 is 23.4 Å². The van der Waals surface area contributed by atoms with Gasteiger partial charge in [0, 0.05) is 16.8 Å². The van der Waals surface area contributed by atoms with Gasteiger partial charge in [0.2, 0.25) is 0 Å². The van der Waals surface area contributed by atoms with Crippen LogP contribution in [0.2, 0.25) is 5.02 Å². The van der Waals surface area contributed by atoms with Crippen LogP contribution in [0.3, 0.4) is 0 Å². The second-order valence-corrected chi connectivity index (χ2v) is 4.90. The molecule has 0 radical (unpaired) electrons. The topological polar surface area (TPSA) is 26.0 Å². The van der Waals surface area contributed by atoms with Crippen LogP contribution in [-0.4, -0.2) is 11.5 Å². The zero-order valence-corrected chi connectivity index (χ0v) is 10.2. The highest BCUT2D eigenvalue weighted by Gasteiger charge is 2.10. The van der Waals surface area contributed by atoms with E-state index in [1.165, 1.54) is 12.1 Å². The Morgan fingerprint density at radius 3 is 2.93 bits per heavy atom. The van der Waals surface area contributed by atoms with Crippen molar-refractivity contribution in [3.63, 3.8) is 0 Å². The molecule has 1 nitrogen and oxygen atoms in total. The van der Waals surface area contributed by atoms with Gasteiger partial charge in [-0.25, -0.2) is 4.39 Å². The third-order valence-electron chi connectivity index (χ3n) is 2.00. The summed E-state index contributed by atoms with van der Waals surface area (Å²) in [5, 5.41) is 0.543. The summed E-state index contributed by atoms with van der Waals surface area (Å²) in [6, 6.07) is 4.12. The Labute approximate surface area is 99.2 Å². The third-order valence-corrected chi connectivity index (χ3v) is 3.64. The van der Waals surface area contributed by atoms with Gasteiger partial charge in [0.25, 0.3) is 0 Å². The summed E-state index contributed by atoms with van der Waals surface area (Å²) >= 11 is 7.71. The van der Waals surface area contributed by atoms with Crippen molar-refractivity contribution in [1.29, 1.82) is 0 Å².